The second-order valence-electron chi connectivity index (χ2n) is 0.692. The largest absolute Gasteiger partial charge is 0.260 e. The molecule has 0 aromatic carbocycles. The lowest BCUT2D eigenvalue weighted by atomic mass is 10.7. The van der Waals surface area contributed by atoms with Crippen molar-refractivity contribution in [3.63, 3.8) is 0 Å². The monoisotopic (exact) mass is 96.0 g/mol. The third-order valence-electron chi connectivity index (χ3n) is 0.271. The zero-order valence-corrected chi connectivity index (χ0v) is 3.66. The molecule has 0 saturated carbocycles. The lowest BCUT2D eigenvalue weighted by Crippen LogP contribution is -1.55. The third-order valence-corrected chi connectivity index (χ3v) is 0.271. The first kappa shape index (κ1) is 5.79. The van der Waals surface area contributed by atoms with Gasteiger partial charge in [0.2, 0.25) is 0 Å². The molecule has 0 saturated heterocycles. The zero-order valence-electron chi connectivity index (χ0n) is 3.66. The second-order valence-corrected chi connectivity index (χ2v) is 0.692. The number of allylic oxidation sites excluding steroid dienone is 1. The maximum Gasteiger partial charge on any atom is 0.260 e. The van der Waals surface area contributed by atoms with Crippen LogP contribution in [0.25, 0.3) is 0 Å². The maximum atomic E-state index is 9.24. The van der Waals surface area contributed by atoms with Gasteiger partial charge < -0.3 is 0 Å². The summed E-state index contributed by atoms with van der Waals surface area (Å²) in [7, 11) is 0. The van der Waals surface area contributed by atoms with Crippen molar-refractivity contribution >= 4 is 12.3 Å². The molecule has 0 radical (unpaired) electrons. The molecule has 7 heavy (non-hydrogen) atoms. The molecule has 0 N–H and O–H groups in total. The van der Waals surface area contributed by atoms with E-state index in [0.717, 1.165) is 0 Å². The van der Waals surface area contributed by atoms with Crippen LogP contribution in [0.15, 0.2) is 22.9 Å². The van der Waals surface area contributed by atoms with E-state index in [9.17, 15) is 4.79 Å². The van der Waals surface area contributed by atoms with Crippen LogP contribution in [0, 0.1) is 0 Å². The van der Waals surface area contributed by atoms with Crippen LogP contribution in [0.5, 0.6) is 0 Å². The van der Waals surface area contributed by atoms with Crippen LogP contribution < -0.4 is 0 Å². The predicted molar refractivity (Wildman–Crippen MR) is 26.8 cm³/mol. The van der Waals surface area contributed by atoms with Gasteiger partial charge in [0, 0.05) is 6.21 Å². The van der Waals surface area contributed by atoms with Crippen molar-refractivity contribution in [1.82, 2.24) is 0 Å². The van der Waals surface area contributed by atoms with Crippen LogP contribution >= 0.6 is 0 Å². The molecule has 0 aliphatic carbocycles. The fraction of sp³-hybridized carbons (Fsp3) is 0. The minimum absolute atomic E-state index is 1.23. The Morgan fingerprint density at radius 1 is 1.71 bits per heavy atom. The summed E-state index contributed by atoms with van der Waals surface area (Å²) in [5.74, 6) is 0. The summed E-state index contributed by atoms with van der Waals surface area (Å²) in [6.45, 7) is 3.29. The Hall–Kier alpha value is -1.21. The van der Waals surface area contributed by atoms with Crippen LogP contribution in [0.1, 0.15) is 0 Å². The van der Waals surface area contributed by atoms with E-state index in [4.69, 9.17) is 0 Å². The highest BCUT2D eigenvalue weighted by Crippen LogP contribution is 1.61. The van der Waals surface area contributed by atoms with Crippen molar-refractivity contribution in [2.45, 2.75) is 0 Å². The van der Waals surface area contributed by atoms with E-state index in [-0.39, 0.29) is 0 Å². The molecule has 36 valence electrons. The van der Waals surface area contributed by atoms with E-state index in [1.807, 2.05) is 0 Å². The molecule has 0 spiro atoms. The van der Waals surface area contributed by atoms with Crippen LogP contribution in [-0.4, -0.2) is 12.3 Å². The number of hydrogen-bond donors (Lipinski definition) is 0. The molecule has 0 rings (SSSR count). The normalized spacial score (nSPS) is 8.00. The molecule has 0 aliphatic heterocycles. The predicted octanol–water partition coefficient (Wildman–Crippen LogP) is 0.494. The van der Waals surface area contributed by atoms with Gasteiger partial charge in [-0.3, -0.25) is 0 Å². The molecule has 0 heterocycles. The number of hydrogen-bond acceptors (Lipinski definition) is 3. The van der Waals surface area contributed by atoms with Gasteiger partial charge in [0.05, 0.1) is 0 Å². The van der Waals surface area contributed by atoms with Crippen LogP contribution in [0.4, 0.5) is 0 Å². The van der Waals surface area contributed by atoms with E-state index in [1.165, 1.54) is 18.4 Å². The average molecular weight is 96.1 g/mol. The molecule has 3 heteroatoms. The molecular weight excluding hydrogens is 92.1 g/mol. The summed E-state index contributed by atoms with van der Waals surface area (Å²) in [6.07, 6.45) is 3.95. The Balaban J connectivity index is 3.47. The Labute approximate surface area is 41.1 Å². The zero-order chi connectivity index (χ0) is 5.54. The van der Waals surface area contributed by atoms with Crippen molar-refractivity contribution in [2.75, 3.05) is 0 Å². The van der Waals surface area contributed by atoms with Gasteiger partial charge in [-0.1, -0.05) is 11.7 Å². The Morgan fingerprint density at radius 2 is 2.43 bits per heavy atom. The maximum absolute atomic E-state index is 9.24. The quantitative estimate of drug-likeness (QED) is 0.280. The van der Waals surface area contributed by atoms with Gasteiger partial charge in [-0.25, -0.2) is 4.79 Å². The lowest BCUT2D eigenvalue weighted by molar-refractivity contribution is 0.563. The molecular formula is C4H4N2O. The van der Waals surface area contributed by atoms with Crippen molar-refractivity contribution in [3.8, 4) is 0 Å². The van der Waals surface area contributed by atoms with E-state index in [0.29, 0.717) is 0 Å². The number of carbonyl (C=O) groups excluding carboxylic acids is 1. The summed E-state index contributed by atoms with van der Waals surface area (Å²) < 4.78 is 0. The summed E-state index contributed by atoms with van der Waals surface area (Å²) in [5, 5.41) is 6.02. The highest BCUT2D eigenvalue weighted by Gasteiger charge is 1.53. The third kappa shape index (κ3) is 4.79. The molecule has 0 unspecified atom stereocenters. The van der Waals surface area contributed by atoms with Crippen LogP contribution in [0.3, 0.4) is 0 Å². The van der Waals surface area contributed by atoms with Gasteiger partial charge in [-0.05, 0) is 6.08 Å². The minimum atomic E-state index is 1.23. The summed E-state index contributed by atoms with van der Waals surface area (Å²) >= 11 is 0. The first-order valence-electron chi connectivity index (χ1n) is 1.63. The smallest absolute Gasteiger partial charge is 0.209 e. The van der Waals surface area contributed by atoms with Crippen molar-refractivity contribution in [3.05, 3.63) is 12.7 Å². The van der Waals surface area contributed by atoms with Crippen molar-refractivity contribution < 1.29 is 4.79 Å². The summed E-state index contributed by atoms with van der Waals surface area (Å²) in [4.78, 5) is 9.24. The molecule has 0 bridgehead atoms. The van der Waals surface area contributed by atoms with Gasteiger partial charge in [-0.2, -0.15) is 0 Å². The Kier molecular flexibility index (Phi) is 3.96. The van der Waals surface area contributed by atoms with E-state index < -0.39 is 0 Å². The van der Waals surface area contributed by atoms with Crippen molar-refractivity contribution in [1.29, 1.82) is 0 Å². The fourth-order valence-corrected chi connectivity index (χ4v) is 0.104. The highest BCUT2D eigenvalue weighted by molar-refractivity contribution is 5.70. The van der Waals surface area contributed by atoms with Gasteiger partial charge >= 0.3 is 0 Å². The first-order chi connectivity index (χ1) is 3.41. The fourth-order valence-electron chi connectivity index (χ4n) is 0.104. The Morgan fingerprint density at radius 3 is 2.86 bits per heavy atom. The summed E-state index contributed by atoms with van der Waals surface area (Å²) in [6, 6.07) is 0. The molecule has 0 atom stereocenters. The van der Waals surface area contributed by atoms with E-state index >= 15 is 0 Å². The highest BCUT2D eigenvalue weighted by atomic mass is 16.1. The van der Waals surface area contributed by atoms with Crippen molar-refractivity contribution in [2.24, 2.45) is 10.2 Å². The molecule has 0 aromatic heterocycles. The van der Waals surface area contributed by atoms with Crippen LogP contribution in [0.2, 0.25) is 0 Å². The van der Waals surface area contributed by atoms with Gasteiger partial charge in [0.15, 0.2) is 0 Å². The summed E-state index contributed by atoms with van der Waals surface area (Å²) in [5.41, 5.74) is 0. The lowest BCUT2D eigenvalue weighted by Gasteiger charge is -1.59. The number of rotatable bonds is 2. The standard InChI is InChI=1S/C4H4N2O/c1-2-3-5-6-4-7/h2-3H,1H2/b5-3-. The molecule has 0 aromatic rings. The molecule has 0 aliphatic rings. The molecule has 3 nitrogen and oxygen atoms in total. The Bertz CT molecular complexity index is 122. The number of isocyanates is 1. The van der Waals surface area contributed by atoms with E-state index in [2.05, 4.69) is 16.8 Å². The van der Waals surface area contributed by atoms with Gasteiger partial charge in [0.25, 0.3) is 6.08 Å². The first-order valence-corrected chi connectivity index (χ1v) is 1.63. The topological polar surface area (TPSA) is 41.8 Å². The van der Waals surface area contributed by atoms with Gasteiger partial charge in [0.1, 0.15) is 0 Å². The molecule has 0 fully saturated rings. The molecule has 0 amide bonds. The number of nitrogens with zero attached hydrogens (tertiary/aromatic N) is 2. The SMILES string of the molecule is C=C/C=N\N=C=O. The average Bonchev–Trinajstić information content (AvgIpc) is 1.69. The second kappa shape index (κ2) is 4.79. The van der Waals surface area contributed by atoms with Crippen LogP contribution in [-0.2, 0) is 4.79 Å². The minimum Gasteiger partial charge on any atom is -0.209 e. The van der Waals surface area contributed by atoms with E-state index in [1.54, 1.807) is 0 Å². The van der Waals surface area contributed by atoms with Gasteiger partial charge in [-0.15, -0.1) is 5.10 Å².